The van der Waals surface area contributed by atoms with Crippen LogP contribution in [0.15, 0.2) is 30.6 Å². The molecule has 0 N–H and O–H groups in total. The first-order chi connectivity index (χ1) is 6.90. The Morgan fingerprint density at radius 3 is 3.07 bits per heavy atom. The molecule has 0 spiro atoms. The number of nitrogens with zero attached hydrogens (tertiary/aromatic N) is 2. The predicted octanol–water partition coefficient (Wildman–Crippen LogP) is 1.36. The zero-order valence-electron chi connectivity index (χ0n) is 8.01. The number of hydrogen-bond acceptors (Lipinski definition) is 3. The van der Waals surface area contributed by atoms with Crippen LogP contribution in [0.25, 0.3) is 5.52 Å². The molecule has 0 aliphatic rings. The maximum atomic E-state index is 5.44. The number of ether oxygens (including phenoxy) is 2. The maximum absolute atomic E-state index is 5.44. The van der Waals surface area contributed by atoms with Crippen molar-refractivity contribution in [3.8, 4) is 5.75 Å². The van der Waals surface area contributed by atoms with E-state index in [2.05, 4.69) is 5.10 Å². The molecule has 0 unspecified atom stereocenters. The molecule has 0 atom stereocenters. The summed E-state index contributed by atoms with van der Waals surface area (Å²) in [7, 11) is 1.65. The smallest absolute Gasteiger partial charge is 0.137 e. The number of fused-ring (bicyclic) bond motifs is 1. The molecule has 74 valence electrons. The highest BCUT2D eigenvalue weighted by atomic mass is 16.5. The zero-order chi connectivity index (χ0) is 9.80. The van der Waals surface area contributed by atoms with Gasteiger partial charge in [0.15, 0.2) is 0 Å². The Morgan fingerprint density at radius 2 is 2.21 bits per heavy atom. The van der Waals surface area contributed by atoms with E-state index in [-0.39, 0.29) is 0 Å². The number of hydrogen-bond donors (Lipinski definition) is 0. The van der Waals surface area contributed by atoms with Gasteiger partial charge in [-0.2, -0.15) is 5.10 Å². The summed E-state index contributed by atoms with van der Waals surface area (Å²) in [5, 5.41) is 4.11. The van der Waals surface area contributed by atoms with Gasteiger partial charge in [0.1, 0.15) is 12.4 Å². The highest BCUT2D eigenvalue weighted by molar-refractivity contribution is 5.47. The van der Waals surface area contributed by atoms with Crippen molar-refractivity contribution in [3.05, 3.63) is 30.6 Å². The molecule has 0 radical (unpaired) electrons. The van der Waals surface area contributed by atoms with Gasteiger partial charge in [0.25, 0.3) is 0 Å². The van der Waals surface area contributed by atoms with Crippen LogP contribution in [-0.2, 0) is 4.74 Å². The largest absolute Gasteiger partial charge is 0.490 e. The van der Waals surface area contributed by atoms with Crippen LogP contribution in [0.3, 0.4) is 0 Å². The Labute approximate surface area is 82.1 Å². The lowest BCUT2D eigenvalue weighted by Gasteiger charge is -2.05. The van der Waals surface area contributed by atoms with Gasteiger partial charge in [-0.15, -0.1) is 0 Å². The summed E-state index contributed by atoms with van der Waals surface area (Å²) in [6.07, 6.45) is 3.61. The van der Waals surface area contributed by atoms with Crippen molar-refractivity contribution in [3.63, 3.8) is 0 Å². The van der Waals surface area contributed by atoms with Gasteiger partial charge >= 0.3 is 0 Å². The van der Waals surface area contributed by atoms with Crippen LogP contribution in [0, 0.1) is 0 Å². The van der Waals surface area contributed by atoms with Gasteiger partial charge in [0.05, 0.1) is 18.3 Å². The van der Waals surface area contributed by atoms with E-state index in [9.17, 15) is 0 Å². The predicted molar refractivity (Wildman–Crippen MR) is 52.6 cm³/mol. The van der Waals surface area contributed by atoms with E-state index in [1.54, 1.807) is 17.8 Å². The lowest BCUT2D eigenvalue weighted by atomic mass is 10.4. The summed E-state index contributed by atoms with van der Waals surface area (Å²) < 4.78 is 12.1. The van der Waals surface area contributed by atoms with Crippen molar-refractivity contribution >= 4 is 5.52 Å². The molecule has 0 bridgehead atoms. The van der Waals surface area contributed by atoms with Gasteiger partial charge in [0.2, 0.25) is 0 Å². The monoisotopic (exact) mass is 192 g/mol. The molecule has 2 aromatic rings. The Bertz CT molecular complexity index is 411. The maximum Gasteiger partial charge on any atom is 0.137 e. The molecule has 0 aromatic carbocycles. The average Bonchev–Trinajstić information content (AvgIpc) is 2.65. The van der Waals surface area contributed by atoms with Crippen LogP contribution < -0.4 is 4.74 Å². The van der Waals surface area contributed by atoms with Crippen LogP contribution in [0.4, 0.5) is 0 Å². The molecule has 0 amide bonds. The van der Waals surface area contributed by atoms with Crippen LogP contribution >= 0.6 is 0 Å². The van der Waals surface area contributed by atoms with E-state index in [0.29, 0.717) is 13.2 Å². The van der Waals surface area contributed by atoms with Gasteiger partial charge < -0.3 is 9.47 Å². The molecule has 0 fully saturated rings. The fourth-order valence-electron chi connectivity index (χ4n) is 1.22. The zero-order valence-corrected chi connectivity index (χ0v) is 8.01. The number of pyridine rings is 1. The Kier molecular flexibility index (Phi) is 2.65. The molecule has 0 aliphatic carbocycles. The first-order valence-corrected chi connectivity index (χ1v) is 4.45. The second-order valence-corrected chi connectivity index (χ2v) is 2.91. The van der Waals surface area contributed by atoms with Crippen molar-refractivity contribution in [2.24, 2.45) is 0 Å². The number of rotatable bonds is 4. The number of methoxy groups -OCH3 is 1. The van der Waals surface area contributed by atoms with Gasteiger partial charge in [-0.3, -0.25) is 0 Å². The molecule has 0 saturated carbocycles. The van der Waals surface area contributed by atoms with Gasteiger partial charge in [-0.25, -0.2) is 4.52 Å². The first-order valence-electron chi connectivity index (χ1n) is 4.45. The molecular formula is C10H12N2O2. The Hall–Kier alpha value is -1.55. The van der Waals surface area contributed by atoms with Crippen LogP contribution in [0.5, 0.6) is 5.75 Å². The van der Waals surface area contributed by atoms with Gasteiger partial charge in [0, 0.05) is 13.3 Å². The average molecular weight is 192 g/mol. The highest BCUT2D eigenvalue weighted by Gasteiger charge is 1.96. The summed E-state index contributed by atoms with van der Waals surface area (Å²) in [4.78, 5) is 0. The minimum Gasteiger partial charge on any atom is -0.490 e. The summed E-state index contributed by atoms with van der Waals surface area (Å²) >= 11 is 0. The van der Waals surface area contributed by atoms with E-state index in [4.69, 9.17) is 9.47 Å². The van der Waals surface area contributed by atoms with Gasteiger partial charge in [-0.05, 0) is 18.2 Å². The van der Waals surface area contributed by atoms with E-state index in [1.807, 2.05) is 24.4 Å². The van der Waals surface area contributed by atoms with Crippen LogP contribution in [0.1, 0.15) is 0 Å². The van der Waals surface area contributed by atoms with Crippen LogP contribution in [0.2, 0.25) is 0 Å². The van der Waals surface area contributed by atoms with Crippen molar-refractivity contribution < 1.29 is 9.47 Å². The molecule has 4 heteroatoms. The van der Waals surface area contributed by atoms with E-state index in [0.717, 1.165) is 11.3 Å². The molecule has 0 saturated heterocycles. The molecule has 2 heterocycles. The van der Waals surface area contributed by atoms with Crippen molar-refractivity contribution in [2.75, 3.05) is 20.3 Å². The third kappa shape index (κ3) is 1.85. The minimum atomic E-state index is 0.559. The molecule has 14 heavy (non-hydrogen) atoms. The quantitative estimate of drug-likeness (QED) is 0.686. The fraction of sp³-hybridized carbons (Fsp3) is 0.300. The van der Waals surface area contributed by atoms with Crippen molar-refractivity contribution in [1.29, 1.82) is 0 Å². The van der Waals surface area contributed by atoms with E-state index >= 15 is 0 Å². The van der Waals surface area contributed by atoms with E-state index < -0.39 is 0 Å². The normalized spacial score (nSPS) is 10.6. The third-order valence-corrected chi connectivity index (χ3v) is 1.92. The number of aromatic nitrogens is 2. The van der Waals surface area contributed by atoms with Crippen LogP contribution in [-0.4, -0.2) is 29.9 Å². The summed E-state index contributed by atoms with van der Waals surface area (Å²) in [6, 6.07) is 5.83. The second-order valence-electron chi connectivity index (χ2n) is 2.91. The lowest BCUT2D eigenvalue weighted by molar-refractivity contribution is 0.146. The first kappa shape index (κ1) is 9.02. The van der Waals surface area contributed by atoms with Gasteiger partial charge in [-0.1, -0.05) is 0 Å². The molecule has 4 nitrogen and oxygen atoms in total. The molecular weight excluding hydrogens is 180 g/mol. The Balaban J connectivity index is 2.10. The molecule has 2 rings (SSSR count). The minimum absolute atomic E-state index is 0.559. The summed E-state index contributed by atoms with van der Waals surface area (Å²) in [5.74, 6) is 0.804. The summed E-state index contributed by atoms with van der Waals surface area (Å²) in [6.45, 7) is 1.15. The van der Waals surface area contributed by atoms with Crippen molar-refractivity contribution in [2.45, 2.75) is 0 Å². The standard InChI is InChI=1S/C10H12N2O2/c1-13-6-7-14-10-3-2-9-4-5-11-12(9)8-10/h2-5,8H,6-7H2,1H3. The highest BCUT2D eigenvalue weighted by Crippen LogP contribution is 2.12. The molecule has 0 aliphatic heterocycles. The lowest BCUT2D eigenvalue weighted by Crippen LogP contribution is -2.04. The fourth-order valence-corrected chi connectivity index (χ4v) is 1.22. The summed E-state index contributed by atoms with van der Waals surface area (Å²) in [5.41, 5.74) is 1.06. The molecule has 2 aromatic heterocycles. The third-order valence-electron chi connectivity index (χ3n) is 1.92. The topological polar surface area (TPSA) is 35.8 Å². The van der Waals surface area contributed by atoms with Crippen molar-refractivity contribution in [1.82, 2.24) is 9.61 Å². The van der Waals surface area contributed by atoms with E-state index in [1.165, 1.54) is 0 Å². The Morgan fingerprint density at radius 1 is 1.29 bits per heavy atom. The SMILES string of the molecule is COCCOc1ccc2ccnn2c1. The second kappa shape index (κ2) is 4.11.